The van der Waals surface area contributed by atoms with Crippen LogP contribution in [0.5, 0.6) is 0 Å². The quantitative estimate of drug-likeness (QED) is 0.655. The molecule has 3 N–H and O–H groups in total. The second-order valence-electron chi connectivity index (χ2n) is 4.15. The molecule has 1 heterocycles. The number of nitrogens with one attached hydrogen (secondary N) is 1. The summed E-state index contributed by atoms with van der Waals surface area (Å²) >= 11 is 3.53. The van der Waals surface area contributed by atoms with Crippen molar-refractivity contribution in [2.45, 2.75) is 18.8 Å². The van der Waals surface area contributed by atoms with Crippen molar-refractivity contribution in [3.05, 3.63) is 34.4 Å². The van der Waals surface area contributed by atoms with Crippen LogP contribution in [0.15, 0.2) is 28.7 Å². The fourth-order valence-electron chi connectivity index (χ4n) is 1.96. The topological polar surface area (TPSA) is 50.9 Å². The number of hydrogen-bond donors (Lipinski definition) is 2. The van der Waals surface area contributed by atoms with Crippen LogP contribution < -0.4 is 11.3 Å². The lowest BCUT2D eigenvalue weighted by Crippen LogP contribution is -2.10. The number of halogens is 1. The van der Waals surface area contributed by atoms with Gasteiger partial charge in [0.15, 0.2) is 0 Å². The summed E-state index contributed by atoms with van der Waals surface area (Å²) in [6.07, 6.45) is 2.44. The average molecular weight is 278 g/mol. The van der Waals surface area contributed by atoms with E-state index in [1.54, 1.807) is 0 Å². The van der Waals surface area contributed by atoms with E-state index in [0.717, 1.165) is 26.8 Å². The minimum absolute atomic E-state index is 0.586. The van der Waals surface area contributed by atoms with Gasteiger partial charge in [0.05, 0.1) is 16.9 Å². The number of hydrazine groups is 1. The number of aromatic nitrogens is 1. The lowest BCUT2D eigenvalue weighted by molar-refractivity contribution is 1.04. The summed E-state index contributed by atoms with van der Waals surface area (Å²) in [6.45, 7) is 0. The summed E-state index contributed by atoms with van der Waals surface area (Å²) in [5, 5.41) is 1.10. The van der Waals surface area contributed by atoms with E-state index in [1.807, 2.05) is 18.2 Å². The van der Waals surface area contributed by atoms with Crippen LogP contribution in [0.3, 0.4) is 0 Å². The zero-order chi connectivity index (χ0) is 11.1. The molecule has 0 amide bonds. The van der Waals surface area contributed by atoms with Gasteiger partial charge in [0.25, 0.3) is 0 Å². The Morgan fingerprint density at radius 3 is 2.88 bits per heavy atom. The summed E-state index contributed by atoms with van der Waals surface area (Å²) in [4.78, 5) is 4.72. The number of pyridine rings is 1. The molecule has 1 fully saturated rings. The van der Waals surface area contributed by atoms with Crippen molar-refractivity contribution in [3.63, 3.8) is 0 Å². The fraction of sp³-hybridized carbons (Fsp3) is 0.250. The Morgan fingerprint density at radius 2 is 2.19 bits per heavy atom. The number of benzene rings is 1. The third-order valence-electron chi connectivity index (χ3n) is 2.95. The van der Waals surface area contributed by atoms with Gasteiger partial charge in [0.2, 0.25) is 0 Å². The van der Waals surface area contributed by atoms with Crippen molar-refractivity contribution in [2.24, 2.45) is 5.84 Å². The van der Waals surface area contributed by atoms with Gasteiger partial charge in [0, 0.05) is 15.8 Å². The van der Waals surface area contributed by atoms with Crippen molar-refractivity contribution < 1.29 is 0 Å². The number of fused-ring (bicyclic) bond motifs is 1. The highest BCUT2D eigenvalue weighted by molar-refractivity contribution is 9.10. The number of hydrogen-bond acceptors (Lipinski definition) is 3. The van der Waals surface area contributed by atoms with Gasteiger partial charge in [-0.2, -0.15) is 0 Å². The van der Waals surface area contributed by atoms with E-state index in [9.17, 15) is 0 Å². The summed E-state index contributed by atoms with van der Waals surface area (Å²) in [7, 11) is 0. The van der Waals surface area contributed by atoms with Crippen molar-refractivity contribution in [3.8, 4) is 0 Å². The van der Waals surface area contributed by atoms with Crippen LogP contribution in [0, 0.1) is 0 Å². The molecule has 0 radical (unpaired) electrons. The van der Waals surface area contributed by atoms with Crippen LogP contribution in [-0.2, 0) is 0 Å². The third-order valence-corrected chi connectivity index (χ3v) is 3.59. The Kier molecular flexibility index (Phi) is 2.33. The number of nitrogen functional groups attached to an aromatic ring is 1. The highest BCUT2D eigenvalue weighted by atomic mass is 79.9. The molecule has 4 heteroatoms. The lowest BCUT2D eigenvalue weighted by atomic mass is 10.1. The van der Waals surface area contributed by atoms with Gasteiger partial charge >= 0.3 is 0 Å². The first kappa shape index (κ1) is 10.1. The fourth-order valence-corrected chi connectivity index (χ4v) is 2.43. The van der Waals surface area contributed by atoms with Gasteiger partial charge in [0.1, 0.15) is 0 Å². The van der Waals surface area contributed by atoms with Crippen molar-refractivity contribution in [2.75, 3.05) is 5.43 Å². The van der Waals surface area contributed by atoms with E-state index in [-0.39, 0.29) is 0 Å². The molecule has 2 aromatic rings. The Balaban J connectivity index is 2.28. The van der Waals surface area contributed by atoms with E-state index >= 15 is 0 Å². The summed E-state index contributed by atoms with van der Waals surface area (Å²) in [6, 6.07) is 8.14. The molecule has 3 rings (SSSR count). The Morgan fingerprint density at radius 1 is 1.38 bits per heavy atom. The molecule has 16 heavy (non-hydrogen) atoms. The van der Waals surface area contributed by atoms with Gasteiger partial charge in [-0.25, -0.2) is 4.98 Å². The van der Waals surface area contributed by atoms with Crippen LogP contribution in [0.2, 0.25) is 0 Å². The van der Waals surface area contributed by atoms with E-state index in [1.165, 1.54) is 12.8 Å². The van der Waals surface area contributed by atoms with Crippen molar-refractivity contribution in [1.29, 1.82) is 0 Å². The largest absolute Gasteiger partial charge is 0.322 e. The smallest absolute Gasteiger partial charge is 0.0849 e. The Hall–Kier alpha value is -1.13. The van der Waals surface area contributed by atoms with E-state index in [2.05, 4.69) is 27.4 Å². The first-order valence-corrected chi connectivity index (χ1v) is 6.14. The molecule has 3 nitrogen and oxygen atoms in total. The van der Waals surface area contributed by atoms with Gasteiger partial charge in [-0.15, -0.1) is 0 Å². The second kappa shape index (κ2) is 3.71. The van der Waals surface area contributed by atoms with Crippen LogP contribution in [0.25, 0.3) is 10.9 Å². The lowest BCUT2D eigenvalue weighted by Gasteiger charge is -2.09. The van der Waals surface area contributed by atoms with Gasteiger partial charge in [-0.05, 0) is 40.9 Å². The molecule has 0 saturated heterocycles. The van der Waals surface area contributed by atoms with Gasteiger partial charge in [-0.1, -0.05) is 12.1 Å². The number of nitrogens with two attached hydrogens (primary N) is 1. The molecule has 82 valence electrons. The molecule has 1 aliphatic carbocycles. The molecule has 1 aliphatic rings. The highest BCUT2D eigenvalue weighted by Gasteiger charge is 2.28. The molecule has 0 spiro atoms. The van der Waals surface area contributed by atoms with Crippen LogP contribution in [0.1, 0.15) is 24.5 Å². The molecule has 0 atom stereocenters. The molecule has 0 unspecified atom stereocenters. The van der Waals surface area contributed by atoms with E-state index in [4.69, 9.17) is 10.8 Å². The summed E-state index contributed by atoms with van der Waals surface area (Å²) in [5.41, 5.74) is 5.82. The summed E-state index contributed by atoms with van der Waals surface area (Å²) in [5.74, 6) is 6.13. The number of rotatable bonds is 2. The maximum Gasteiger partial charge on any atom is 0.0849 e. The maximum atomic E-state index is 5.54. The van der Waals surface area contributed by atoms with Crippen LogP contribution in [-0.4, -0.2) is 4.98 Å². The number of para-hydroxylation sites is 1. The standard InChI is InChI=1S/C12H12BrN3/c13-9-3-1-2-8-6-10(16-14)12(7-4-5-7)15-11(8)9/h1-3,6-7,16H,4-5,14H2. The summed E-state index contributed by atoms with van der Waals surface area (Å²) < 4.78 is 1.04. The number of nitrogens with zero attached hydrogens (tertiary/aromatic N) is 1. The second-order valence-corrected chi connectivity index (χ2v) is 5.01. The normalized spacial score (nSPS) is 15.4. The molecule has 1 aromatic carbocycles. The predicted molar refractivity (Wildman–Crippen MR) is 69.2 cm³/mol. The first-order valence-electron chi connectivity index (χ1n) is 5.35. The average Bonchev–Trinajstić information content (AvgIpc) is 3.12. The Labute approximate surface area is 102 Å². The monoisotopic (exact) mass is 277 g/mol. The number of anilines is 1. The first-order chi connectivity index (χ1) is 7.79. The minimum atomic E-state index is 0.586. The van der Waals surface area contributed by atoms with Crippen LogP contribution >= 0.6 is 15.9 Å². The SMILES string of the molecule is NNc1cc2cccc(Br)c2nc1C1CC1. The van der Waals surface area contributed by atoms with Crippen LogP contribution in [0.4, 0.5) is 5.69 Å². The van der Waals surface area contributed by atoms with E-state index in [0.29, 0.717) is 5.92 Å². The third kappa shape index (κ3) is 1.58. The minimum Gasteiger partial charge on any atom is -0.322 e. The molecule has 0 bridgehead atoms. The molecule has 1 saturated carbocycles. The zero-order valence-corrected chi connectivity index (χ0v) is 10.3. The molecular formula is C12H12BrN3. The van der Waals surface area contributed by atoms with Crippen molar-refractivity contribution >= 4 is 32.5 Å². The molecule has 0 aliphatic heterocycles. The predicted octanol–water partition coefficient (Wildman–Crippen LogP) is 3.16. The van der Waals surface area contributed by atoms with Gasteiger partial charge in [-0.3, -0.25) is 5.84 Å². The Bertz CT molecular complexity index is 549. The van der Waals surface area contributed by atoms with Crippen molar-refractivity contribution in [1.82, 2.24) is 4.98 Å². The van der Waals surface area contributed by atoms with Gasteiger partial charge < -0.3 is 5.43 Å². The van der Waals surface area contributed by atoms with E-state index < -0.39 is 0 Å². The maximum absolute atomic E-state index is 5.54. The molecule has 1 aromatic heterocycles. The highest BCUT2D eigenvalue weighted by Crippen LogP contribution is 2.43. The zero-order valence-electron chi connectivity index (χ0n) is 8.70. The molecular weight excluding hydrogens is 266 g/mol.